The second kappa shape index (κ2) is 6.77. The quantitative estimate of drug-likeness (QED) is 0.849. The second-order valence-corrected chi connectivity index (χ2v) is 5.70. The van der Waals surface area contributed by atoms with Crippen LogP contribution in [-0.2, 0) is 0 Å². The molecule has 1 aliphatic heterocycles. The molecule has 0 aromatic heterocycles. The van der Waals surface area contributed by atoms with E-state index >= 15 is 0 Å². The minimum atomic E-state index is -0.461. The van der Waals surface area contributed by atoms with Crippen molar-refractivity contribution in [3.63, 3.8) is 0 Å². The van der Waals surface area contributed by atoms with Crippen LogP contribution in [0.3, 0.4) is 0 Å². The number of hydrogen-bond acceptors (Lipinski definition) is 2. The largest absolute Gasteiger partial charge is 0.314 e. The zero-order valence-corrected chi connectivity index (χ0v) is 12.6. The first kappa shape index (κ1) is 14.9. The average molecular weight is 333 g/mol. The Morgan fingerprint density at radius 1 is 1.32 bits per heavy atom. The fourth-order valence-corrected chi connectivity index (χ4v) is 2.97. The monoisotopic (exact) mass is 332 g/mol. The summed E-state index contributed by atoms with van der Waals surface area (Å²) in [6, 6.07) is 2.59. The molecule has 0 bridgehead atoms. The minimum Gasteiger partial charge on any atom is -0.314 e. The highest BCUT2D eigenvalue weighted by Gasteiger charge is 2.27. The summed E-state index contributed by atoms with van der Waals surface area (Å²) < 4.78 is 28.7. The lowest BCUT2D eigenvalue weighted by atomic mass is 9.98. The molecule has 1 saturated heterocycles. The van der Waals surface area contributed by atoms with Crippen LogP contribution in [0.1, 0.15) is 31.4 Å². The number of benzene rings is 1. The molecule has 1 atom stereocenters. The molecule has 2 nitrogen and oxygen atoms in total. The Bertz CT molecular complexity index is 434. The number of hydrogen-bond donors (Lipinski definition) is 1. The van der Waals surface area contributed by atoms with Crippen LogP contribution in [0.25, 0.3) is 0 Å². The van der Waals surface area contributed by atoms with Gasteiger partial charge < -0.3 is 5.32 Å². The van der Waals surface area contributed by atoms with E-state index in [9.17, 15) is 8.78 Å². The Hall–Kier alpha value is -0.520. The summed E-state index contributed by atoms with van der Waals surface area (Å²) in [7, 11) is 0. The van der Waals surface area contributed by atoms with Crippen molar-refractivity contribution in [2.75, 3.05) is 26.2 Å². The second-order valence-electron chi connectivity index (χ2n) is 4.85. The first-order valence-electron chi connectivity index (χ1n) is 6.73. The van der Waals surface area contributed by atoms with E-state index in [4.69, 9.17) is 0 Å². The summed E-state index contributed by atoms with van der Waals surface area (Å²) in [5.41, 5.74) is 0.207. The molecule has 5 heteroatoms. The third kappa shape index (κ3) is 3.33. The van der Waals surface area contributed by atoms with Crippen molar-refractivity contribution >= 4 is 15.9 Å². The Morgan fingerprint density at radius 2 is 2.00 bits per heavy atom. The van der Waals surface area contributed by atoms with Crippen LogP contribution in [0, 0.1) is 11.6 Å². The maximum atomic E-state index is 14.3. The van der Waals surface area contributed by atoms with Gasteiger partial charge in [0.1, 0.15) is 11.6 Å². The fraction of sp³-hybridized carbons (Fsp3) is 0.571. The van der Waals surface area contributed by atoms with Gasteiger partial charge in [-0.3, -0.25) is 4.90 Å². The van der Waals surface area contributed by atoms with Crippen LogP contribution in [-0.4, -0.2) is 31.1 Å². The minimum absolute atomic E-state index is 0.176. The Morgan fingerprint density at radius 3 is 2.63 bits per heavy atom. The molecule has 2 rings (SSSR count). The van der Waals surface area contributed by atoms with Gasteiger partial charge in [-0.1, -0.05) is 13.3 Å². The number of rotatable bonds is 4. The van der Waals surface area contributed by atoms with E-state index in [1.165, 1.54) is 12.1 Å². The maximum absolute atomic E-state index is 14.3. The van der Waals surface area contributed by atoms with E-state index in [1.54, 1.807) is 0 Å². The highest BCUT2D eigenvalue weighted by Crippen LogP contribution is 2.33. The Kier molecular flexibility index (Phi) is 5.30. The van der Waals surface area contributed by atoms with Crippen LogP contribution in [0.4, 0.5) is 8.78 Å². The van der Waals surface area contributed by atoms with Gasteiger partial charge in [0.2, 0.25) is 0 Å². The van der Waals surface area contributed by atoms with Gasteiger partial charge in [0.05, 0.1) is 4.47 Å². The Labute approximate surface area is 121 Å². The van der Waals surface area contributed by atoms with Crippen LogP contribution < -0.4 is 5.32 Å². The third-order valence-electron chi connectivity index (χ3n) is 3.57. The van der Waals surface area contributed by atoms with Crippen molar-refractivity contribution in [2.24, 2.45) is 0 Å². The van der Waals surface area contributed by atoms with E-state index in [2.05, 4.69) is 26.1 Å². The molecular weight excluding hydrogens is 314 g/mol. The molecule has 1 heterocycles. The first-order valence-corrected chi connectivity index (χ1v) is 7.52. The van der Waals surface area contributed by atoms with E-state index in [0.717, 1.165) is 39.0 Å². The lowest BCUT2D eigenvalue weighted by Crippen LogP contribution is -2.45. The summed E-state index contributed by atoms with van der Waals surface area (Å²) in [6.07, 6.45) is 1.67. The predicted molar refractivity (Wildman–Crippen MR) is 76.1 cm³/mol. The van der Waals surface area contributed by atoms with Crippen LogP contribution in [0.15, 0.2) is 16.6 Å². The van der Waals surface area contributed by atoms with Crippen molar-refractivity contribution in [1.82, 2.24) is 10.2 Å². The maximum Gasteiger partial charge on any atom is 0.145 e. The van der Waals surface area contributed by atoms with E-state index < -0.39 is 11.6 Å². The first-order chi connectivity index (χ1) is 9.15. The zero-order chi connectivity index (χ0) is 13.8. The molecule has 0 saturated carbocycles. The number of piperazine rings is 1. The normalized spacial score (nSPS) is 18.5. The third-order valence-corrected chi connectivity index (χ3v) is 4.18. The van der Waals surface area contributed by atoms with E-state index in [-0.39, 0.29) is 11.6 Å². The van der Waals surface area contributed by atoms with Gasteiger partial charge in [-0.15, -0.1) is 0 Å². The topological polar surface area (TPSA) is 15.3 Å². The van der Waals surface area contributed by atoms with Crippen LogP contribution in [0.5, 0.6) is 0 Å². The van der Waals surface area contributed by atoms with Crippen molar-refractivity contribution in [2.45, 2.75) is 25.8 Å². The highest BCUT2D eigenvalue weighted by atomic mass is 79.9. The van der Waals surface area contributed by atoms with Crippen LogP contribution >= 0.6 is 15.9 Å². The SMILES string of the molecule is CCC[C@H](c1c(F)ccc(Br)c1F)N1CCNCC1. The summed E-state index contributed by atoms with van der Waals surface area (Å²) in [4.78, 5) is 2.17. The fourth-order valence-electron chi connectivity index (χ4n) is 2.62. The smallest absolute Gasteiger partial charge is 0.145 e. The molecule has 0 spiro atoms. The van der Waals surface area contributed by atoms with Gasteiger partial charge >= 0.3 is 0 Å². The van der Waals surface area contributed by atoms with Crippen molar-refractivity contribution in [3.05, 3.63) is 33.8 Å². The van der Waals surface area contributed by atoms with Gasteiger partial charge in [-0.05, 0) is 34.5 Å². The lowest BCUT2D eigenvalue weighted by molar-refractivity contribution is 0.158. The summed E-state index contributed by atoms with van der Waals surface area (Å²) in [5, 5.41) is 3.27. The van der Waals surface area contributed by atoms with E-state index in [1.807, 2.05) is 6.92 Å². The number of nitrogens with one attached hydrogen (secondary N) is 1. The zero-order valence-electron chi connectivity index (χ0n) is 11.1. The predicted octanol–water partition coefficient (Wildman–Crippen LogP) is 3.47. The molecular formula is C14H19BrF2N2. The molecule has 106 valence electrons. The highest BCUT2D eigenvalue weighted by molar-refractivity contribution is 9.10. The molecule has 1 fully saturated rings. The standard InChI is InChI=1S/C14H19BrF2N2/c1-2-3-12(19-8-6-18-7-9-19)13-11(16)5-4-10(15)14(13)17/h4-5,12,18H,2-3,6-9H2,1H3/t12-/m1/s1. The molecule has 1 aromatic carbocycles. The summed E-state index contributed by atoms with van der Waals surface area (Å²) in [6.45, 7) is 5.45. The molecule has 1 aliphatic rings. The van der Waals surface area contributed by atoms with Gasteiger partial charge in [0.25, 0.3) is 0 Å². The van der Waals surface area contributed by atoms with Crippen LogP contribution in [0.2, 0.25) is 0 Å². The van der Waals surface area contributed by atoms with Crippen molar-refractivity contribution in [3.8, 4) is 0 Å². The van der Waals surface area contributed by atoms with Gasteiger partial charge in [-0.2, -0.15) is 0 Å². The van der Waals surface area contributed by atoms with Crippen molar-refractivity contribution < 1.29 is 8.78 Å². The molecule has 0 unspecified atom stereocenters. The van der Waals surface area contributed by atoms with Crippen molar-refractivity contribution in [1.29, 1.82) is 0 Å². The number of halogens is 3. The Balaban J connectivity index is 2.35. The summed E-state index contributed by atoms with van der Waals surface area (Å²) >= 11 is 3.15. The van der Waals surface area contributed by atoms with Gasteiger partial charge in [0.15, 0.2) is 0 Å². The van der Waals surface area contributed by atoms with Gasteiger partial charge in [0, 0.05) is 37.8 Å². The van der Waals surface area contributed by atoms with Gasteiger partial charge in [-0.25, -0.2) is 8.78 Å². The average Bonchev–Trinajstić information content (AvgIpc) is 2.43. The molecule has 1 N–H and O–H groups in total. The molecule has 0 aliphatic carbocycles. The lowest BCUT2D eigenvalue weighted by Gasteiger charge is -2.35. The van der Waals surface area contributed by atoms with E-state index in [0.29, 0.717) is 4.47 Å². The molecule has 0 amide bonds. The summed E-state index contributed by atoms with van der Waals surface area (Å²) in [5.74, 6) is -0.908. The molecule has 1 aromatic rings. The molecule has 0 radical (unpaired) electrons. The number of nitrogens with zero attached hydrogens (tertiary/aromatic N) is 1. The molecule has 19 heavy (non-hydrogen) atoms.